The Morgan fingerprint density at radius 1 is 1.07 bits per heavy atom. The molecule has 3 aromatic rings. The van der Waals surface area contributed by atoms with Crippen molar-refractivity contribution in [2.24, 2.45) is 5.10 Å². The molecule has 0 spiro atoms. The van der Waals surface area contributed by atoms with Gasteiger partial charge in [0.1, 0.15) is 12.4 Å². The lowest BCUT2D eigenvalue weighted by Gasteiger charge is -2.09. The van der Waals surface area contributed by atoms with E-state index in [0.29, 0.717) is 28.0 Å². The molecule has 7 heteroatoms. The van der Waals surface area contributed by atoms with Crippen molar-refractivity contribution in [2.75, 3.05) is 0 Å². The molecular weight excluding hydrogens is 411 g/mol. The summed E-state index contributed by atoms with van der Waals surface area (Å²) in [5.74, 6) is 0.0592. The molecule has 0 aromatic heterocycles. The fraction of sp³-hybridized carbons (Fsp3) is 0.0909. The summed E-state index contributed by atoms with van der Waals surface area (Å²) in [6.45, 7) is 0.316. The van der Waals surface area contributed by atoms with E-state index in [1.54, 1.807) is 60.7 Å². The highest BCUT2D eigenvalue weighted by Crippen LogP contribution is 2.22. The average molecular weight is 429 g/mol. The molecule has 1 atom stereocenters. The van der Waals surface area contributed by atoms with E-state index in [9.17, 15) is 9.90 Å². The van der Waals surface area contributed by atoms with Crippen molar-refractivity contribution in [3.05, 3.63) is 99.5 Å². The first-order valence-electron chi connectivity index (χ1n) is 8.75. The maximum Gasteiger partial charge on any atom is 0.273 e. The number of carbonyl (C=O) groups excluding carboxylic acids is 1. The zero-order valence-electron chi connectivity index (χ0n) is 15.3. The van der Waals surface area contributed by atoms with Gasteiger partial charge in [0.2, 0.25) is 0 Å². The van der Waals surface area contributed by atoms with Crippen molar-refractivity contribution in [1.82, 2.24) is 5.43 Å². The fourth-order valence-corrected chi connectivity index (χ4v) is 2.93. The smallest absolute Gasteiger partial charge is 0.273 e. The Hall–Kier alpha value is -2.86. The van der Waals surface area contributed by atoms with Gasteiger partial charge in [0.15, 0.2) is 6.10 Å². The number of halogens is 2. The highest BCUT2D eigenvalue weighted by molar-refractivity contribution is 6.35. The second-order valence-corrected chi connectivity index (χ2v) is 6.98. The molecule has 3 aromatic carbocycles. The number of aliphatic hydroxyl groups excluding tert-OH is 1. The zero-order chi connectivity index (χ0) is 20.6. The lowest BCUT2D eigenvalue weighted by Crippen LogP contribution is -2.25. The van der Waals surface area contributed by atoms with Crippen molar-refractivity contribution in [3.63, 3.8) is 0 Å². The van der Waals surface area contributed by atoms with Crippen LogP contribution in [0.2, 0.25) is 10.0 Å². The molecule has 0 saturated carbocycles. The van der Waals surface area contributed by atoms with Crippen LogP contribution in [0.5, 0.6) is 5.75 Å². The van der Waals surface area contributed by atoms with E-state index in [1.165, 1.54) is 6.21 Å². The minimum absolute atomic E-state index is 0.316. The lowest BCUT2D eigenvalue weighted by molar-refractivity contribution is -0.129. The summed E-state index contributed by atoms with van der Waals surface area (Å²) in [6.07, 6.45) is 0.207. The van der Waals surface area contributed by atoms with Crippen molar-refractivity contribution < 1.29 is 14.6 Å². The van der Waals surface area contributed by atoms with Crippen LogP contribution >= 0.6 is 23.2 Å². The molecular formula is C22H18Cl2N2O3. The first kappa shape index (κ1) is 20.9. The number of benzene rings is 3. The monoisotopic (exact) mass is 428 g/mol. The summed E-state index contributed by atoms with van der Waals surface area (Å²) >= 11 is 12.0. The summed E-state index contributed by atoms with van der Waals surface area (Å²) in [5, 5.41) is 15.0. The number of ether oxygens (including phenoxy) is 1. The van der Waals surface area contributed by atoms with E-state index in [4.69, 9.17) is 27.9 Å². The van der Waals surface area contributed by atoms with Crippen LogP contribution in [0.4, 0.5) is 0 Å². The number of amides is 1. The number of aliphatic hydroxyl groups is 1. The van der Waals surface area contributed by atoms with Gasteiger partial charge in [-0.1, -0.05) is 59.6 Å². The molecule has 2 N–H and O–H groups in total. The second kappa shape index (κ2) is 10.1. The van der Waals surface area contributed by atoms with Crippen molar-refractivity contribution in [2.45, 2.75) is 12.7 Å². The molecule has 0 saturated heterocycles. The molecule has 5 nitrogen and oxygen atoms in total. The largest absolute Gasteiger partial charge is 0.489 e. The summed E-state index contributed by atoms with van der Waals surface area (Å²) in [4.78, 5) is 11.9. The Bertz CT molecular complexity index is 993. The minimum atomic E-state index is -1.27. The van der Waals surface area contributed by atoms with Gasteiger partial charge in [-0.05, 0) is 47.5 Å². The van der Waals surface area contributed by atoms with Crippen molar-refractivity contribution in [3.8, 4) is 5.75 Å². The molecule has 1 amide bonds. The Kier molecular flexibility index (Phi) is 7.25. The molecule has 3 rings (SSSR count). The van der Waals surface area contributed by atoms with Crippen LogP contribution in [0.3, 0.4) is 0 Å². The van der Waals surface area contributed by atoms with Gasteiger partial charge >= 0.3 is 0 Å². The van der Waals surface area contributed by atoms with Gasteiger partial charge in [0, 0.05) is 15.6 Å². The minimum Gasteiger partial charge on any atom is -0.489 e. The molecule has 148 valence electrons. The van der Waals surface area contributed by atoms with Gasteiger partial charge in [0.25, 0.3) is 5.91 Å². The third-order valence-corrected chi connectivity index (χ3v) is 4.63. The van der Waals surface area contributed by atoms with Crippen LogP contribution in [0.1, 0.15) is 22.8 Å². The maximum atomic E-state index is 11.9. The molecule has 0 aliphatic carbocycles. The van der Waals surface area contributed by atoms with Gasteiger partial charge in [-0.2, -0.15) is 5.10 Å². The number of hydrogen-bond acceptors (Lipinski definition) is 4. The topological polar surface area (TPSA) is 70.9 Å². The number of nitrogens with one attached hydrogen (secondary N) is 1. The normalized spacial score (nSPS) is 12.0. The molecule has 0 bridgehead atoms. The van der Waals surface area contributed by atoms with Gasteiger partial charge in [-0.3, -0.25) is 4.79 Å². The third-order valence-electron chi connectivity index (χ3n) is 4.04. The summed E-state index contributed by atoms with van der Waals surface area (Å²) in [7, 11) is 0. The Labute approximate surface area is 178 Å². The predicted molar refractivity (Wildman–Crippen MR) is 114 cm³/mol. The van der Waals surface area contributed by atoms with E-state index >= 15 is 0 Å². The van der Waals surface area contributed by atoms with E-state index in [2.05, 4.69) is 10.5 Å². The SMILES string of the molecule is O=C(N/N=C\c1ccc(OCc2ccc(Cl)cc2Cl)cc1)[C@@H](O)c1ccccc1. The van der Waals surface area contributed by atoms with Gasteiger partial charge < -0.3 is 9.84 Å². The fourth-order valence-electron chi connectivity index (χ4n) is 2.47. The van der Waals surface area contributed by atoms with Crippen LogP contribution < -0.4 is 10.2 Å². The molecule has 0 radical (unpaired) electrons. The standard InChI is InChI=1S/C22H18Cl2N2O3/c23-18-9-8-17(20(24)12-18)14-29-19-10-6-15(7-11-19)13-25-26-22(28)21(27)16-4-2-1-3-5-16/h1-13,21,27H,14H2,(H,26,28)/b25-13-/t21-/m0/s1. The van der Waals surface area contributed by atoms with Crippen molar-refractivity contribution in [1.29, 1.82) is 0 Å². The summed E-state index contributed by atoms with van der Waals surface area (Å²) < 4.78 is 5.72. The van der Waals surface area contributed by atoms with Gasteiger partial charge in [-0.15, -0.1) is 0 Å². The van der Waals surface area contributed by atoms with Crippen LogP contribution in [0, 0.1) is 0 Å². The molecule has 0 aliphatic heterocycles. The number of hydrogen-bond donors (Lipinski definition) is 2. The quantitative estimate of drug-likeness (QED) is 0.421. The highest BCUT2D eigenvalue weighted by atomic mass is 35.5. The van der Waals surface area contributed by atoms with Gasteiger partial charge in [0.05, 0.1) is 6.21 Å². The molecule has 0 fully saturated rings. The first-order chi connectivity index (χ1) is 14.0. The number of nitrogens with zero attached hydrogens (tertiary/aromatic N) is 1. The molecule has 0 heterocycles. The number of carbonyl (C=O) groups is 1. The van der Waals surface area contributed by atoms with Crippen LogP contribution in [0.25, 0.3) is 0 Å². The predicted octanol–water partition coefficient (Wildman–Crippen LogP) is 4.76. The van der Waals surface area contributed by atoms with E-state index in [0.717, 1.165) is 11.1 Å². The van der Waals surface area contributed by atoms with Crippen molar-refractivity contribution >= 4 is 35.3 Å². The lowest BCUT2D eigenvalue weighted by atomic mass is 10.1. The molecule has 0 unspecified atom stereocenters. The van der Waals surface area contributed by atoms with E-state index in [-0.39, 0.29) is 0 Å². The molecule has 29 heavy (non-hydrogen) atoms. The Morgan fingerprint density at radius 2 is 1.79 bits per heavy atom. The maximum absolute atomic E-state index is 11.9. The Balaban J connectivity index is 1.51. The first-order valence-corrected chi connectivity index (χ1v) is 9.51. The Morgan fingerprint density at radius 3 is 2.48 bits per heavy atom. The second-order valence-electron chi connectivity index (χ2n) is 6.14. The highest BCUT2D eigenvalue weighted by Gasteiger charge is 2.15. The van der Waals surface area contributed by atoms with E-state index < -0.39 is 12.0 Å². The van der Waals surface area contributed by atoms with Gasteiger partial charge in [-0.25, -0.2) is 5.43 Å². The number of hydrazone groups is 1. The van der Waals surface area contributed by atoms with Crippen LogP contribution in [-0.2, 0) is 11.4 Å². The van der Waals surface area contributed by atoms with Crippen LogP contribution in [-0.4, -0.2) is 17.2 Å². The number of rotatable bonds is 7. The van der Waals surface area contributed by atoms with E-state index in [1.807, 2.05) is 12.1 Å². The zero-order valence-corrected chi connectivity index (χ0v) is 16.8. The molecule has 0 aliphatic rings. The van der Waals surface area contributed by atoms with Crippen LogP contribution in [0.15, 0.2) is 77.9 Å². The third kappa shape index (κ3) is 6.06. The summed E-state index contributed by atoms with van der Waals surface area (Å²) in [6, 6.07) is 21.1. The average Bonchev–Trinajstić information content (AvgIpc) is 2.74. The summed E-state index contributed by atoms with van der Waals surface area (Å²) in [5.41, 5.74) is 4.42.